The number of nitrogens with zero attached hydrogens (tertiary/aromatic N) is 1. The highest BCUT2D eigenvalue weighted by atomic mass is 79.9. The summed E-state index contributed by atoms with van der Waals surface area (Å²) in [4.78, 5) is 2.18. The van der Waals surface area contributed by atoms with Gasteiger partial charge in [0, 0.05) is 11.0 Å². The second-order valence-corrected chi connectivity index (χ2v) is 7.25. The highest BCUT2D eigenvalue weighted by Gasteiger charge is 2.06. The summed E-state index contributed by atoms with van der Waals surface area (Å²) in [5, 5.41) is 0. The van der Waals surface area contributed by atoms with Gasteiger partial charge in [0.1, 0.15) is 0 Å². The van der Waals surface area contributed by atoms with Crippen LogP contribution in [0.3, 0.4) is 0 Å². The summed E-state index contributed by atoms with van der Waals surface area (Å²) >= 11 is 3.49. The molecule has 0 radical (unpaired) electrons. The summed E-state index contributed by atoms with van der Waals surface area (Å²) < 4.78 is 1.10. The number of hydrogen-bond donors (Lipinski definition) is 0. The van der Waals surface area contributed by atoms with E-state index in [1.54, 1.807) is 0 Å². The van der Waals surface area contributed by atoms with Gasteiger partial charge in [0.25, 0.3) is 0 Å². The lowest BCUT2D eigenvalue weighted by Crippen LogP contribution is -2.11. The molecule has 0 bridgehead atoms. The standard InChI is InChI=1S/C23H22BrN/c1-25(2)17-16-23(20-6-4-3-5-7-20)21-10-8-18(9-11-21)19-12-14-22(24)15-13-19/h3-16H,17H2,1-2H3/b23-16+. The van der Waals surface area contributed by atoms with E-state index in [-0.39, 0.29) is 0 Å². The zero-order valence-electron chi connectivity index (χ0n) is 14.6. The van der Waals surface area contributed by atoms with Crippen LogP contribution in [-0.4, -0.2) is 25.5 Å². The number of rotatable bonds is 5. The van der Waals surface area contributed by atoms with E-state index >= 15 is 0 Å². The van der Waals surface area contributed by atoms with Crippen molar-refractivity contribution in [2.24, 2.45) is 0 Å². The molecule has 2 heteroatoms. The van der Waals surface area contributed by atoms with Gasteiger partial charge in [-0.2, -0.15) is 0 Å². The van der Waals surface area contributed by atoms with Gasteiger partial charge in [0.2, 0.25) is 0 Å². The van der Waals surface area contributed by atoms with Crippen molar-refractivity contribution in [2.75, 3.05) is 20.6 Å². The lowest BCUT2D eigenvalue weighted by molar-refractivity contribution is 0.457. The third-order valence-electron chi connectivity index (χ3n) is 4.12. The molecule has 3 aromatic rings. The number of benzene rings is 3. The van der Waals surface area contributed by atoms with Crippen molar-refractivity contribution in [1.82, 2.24) is 4.90 Å². The van der Waals surface area contributed by atoms with Crippen LogP contribution < -0.4 is 0 Å². The Morgan fingerprint density at radius 3 is 1.84 bits per heavy atom. The van der Waals surface area contributed by atoms with E-state index in [1.165, 1.54) is 27.8 Å². The highest BCUT2D eigenvalue weighted by molar-refractivity contribution is 9.10. The average molecular weight is 392 g/mol. The molecule has 0 unspecified atom stereocenters. The first-order valence-electron chi connectivity index (χ1n) is 8.40. The minimum absolute atomic E-state index is 0.915. The maximum Gasteiger partial charge on any atom is 0.0175 e. The van der Waals surface area contributed by atoms with E-state index < -0.39 is 0 Å². The van der Waals surface area contributed by atoms with Crippen LogP contribution in [0, 0.1) is 0 Å². The molecule has 0 aliphatic carbocycles. The van der Waals surface area contributed by atoms with Crippen molar-refractivity contribution in [1.29, 1.82) is 0 Å². The van der Waals surface area contributed by atoms with Crippen LogP contribution in [-0.2, 0) is 0 Å². The van der Waals surface area contributed by atoms with E-state index in [2.05, 4.69) is 120 Å². The van der Waals surface area contributed by atoms with Gasteiger partial charge in [-0.25, -0.2) is 0 Å². The van der Waals surface area contributed by atoms with Crippen LogP contribution >= 0.6 is 15.9 Å². The molecule has 0 aliphatic rings. The summed E-state index contributed by atoms with van der Waals surface area (Å²) in [6, 6.07) is 27.8. The van der Waals surface area contributed by atoms with Crippen LogP contribution in [0.15, 0.2) is 89.4 Å². The Morgan fingerprint density at radius 1 is 0.760 bits per heavy atom. The largest absolute Gasteiger partial charge is 0.306 e. The van der Waals surface area contributed by atoms with E-state index in [0.717, 1.165) is 11.0 Å². The van der Waals surface area contributed by atoms with E-state index in [0.29, 0.717) is 0 Å². The van der Waals surface area contributed by atoms with Crippen LogP contribution in [0.25, 0.3) is 16.7 Å². The van der Waals surface area contributed by atoms with Crippen molar-refractivity contribution in [3.05, 3.63) is 101 Å². The molecule has 3 rings (SSSR count). The van der Waals surface area contributed by atoms with Crippen LogP contribution in [0.5, 0.6) is 0 Å². The van der Waals surface area contributed by atoms with Crippen molar-refractivity contribution in [3.8, 4) is 11.1 Å². The Bertz CT molecular complexity index is 832. The molecule has 0 aromatic heterocycles. The van der Waals surface area contributed by atoms with Crippen molar-refractivity contribution >= 4 is 21.5 Å². The molecule has 0 atom stereocenters. The first-order chi connectivity index (χ1) is 12.1. The molecule has 0 fully saturated rings. The van der Waals surface area contributed by atoms with E-state index in [4.69, 9.17) is 0 Å². The summed E-state index contributed by atoms with van der Waals surface area (Å²) in [5.74, 6) is 0. The van der Waals surface area contributed by atoms with Gasteiger partial charge in [0.15, 0.2) is 0 Å². The molecule has 3 aromatic carbocycles. The molecule has 0 amide bonds. The molecule has 0 aliphatic heterocycles. The molecule has 0 N–H and O–H groups in total. The quantitative estimate of drug-likeness (QED) is 0.506. The normalized spacial score (nSPS) is 11.8. The van der Waals surface area contributed by atoms with Gasteiger partial charge in [0.05, 0.1) is 0 Å². The molecule has 25 heavy (non-hydrogen) atoms. The topological polar surface area (TPSA) is 3.24 Å². The van der Waals surface area contributed by atoms with Gasteiger partial charge in [-0.05, 0) is 54.1 Å². The Labute approximate surface area is 158 Å². The van der Waals surface area contributed by atoms with Crippen molar-refractivity contribution < 1.29 is 0 Å². The minimum atomic E-state index is 0.915. The van der Waals surface area contributed by atoms with Crippen molar-refractivity contribution in [3.63, 3.8) is 0 Å². The predicted octanol–water partition coefficient (Wildman–Crippen LogP) is 6.11. The number of likely N-dealkylation sites (N-methyl/N-ethyl adjacent to an activating group) is 1. The molecule has 126 valence electrons. The maximum absolute atomic E-state index is 3.49. The SMILES string of the molecule is CN(C)C/C=C(\c1ccccc1)c1ccc(-c2ccc(Br)cc2)cc1. The third-order valence-corrected chi connectivity index (χ3v) is 4.65. The number of halogens is 1. The molecule has 0 saturated carbocycles. The predicted molar refractivity (Wildman–Crippen MR) is 112 cm³/mol. The number of hydrogen-bond acceptors (Lipinski definition) is 1. The second-order valence-electron chi connectivity index (χ2n) is 6.33. The monoisotopic (exact) mass is 391 g/mol. The summed E-state index contributed by atoms with van der Waals surface area (Å²) in [6.45, 7) is 0.915. The van der Waals surface area contributed by atoms with Gasteiger partial charge < -0.3 is 4.90 Å². The van der Waals surface area contributed by atoms with Gasteiger partial charge >= 0.3 is 0 Å². The van der Waals surface area contributed by atoms with Crippen LogP contribution in [0.1, 0.15) is 11.1 Å². The van der Waals surface area contributed by atoms with Gasteiger partial charge in [-0.3, -0.25) is 0 Å². The first-order valence-corrected chi connectivity index (χ1v) is 9.19. The average Bonchev–Trinajstić information content (AvgIpc) is 2.64. The summed E-state index contributed by atoms with van der Waals surface area (Å²) in [7, 11) is 4.19. The molecule has 0 saturated heterocycles. The lowest BCUT2D eigenvalue weighted by atomic mass is 9.95. The Morgan fingerprint density at radius 2 is 1.28 bits per heavy atom. The Hall–Kier alpha value is -2.16. The maximum atomic E-state index is 3.49. The van der Waals surface area contributed by atoms with Crippen LogP contribution in [0.2, 0.25) is 0 Å². The Balaban J connectivity index is 1.94. The fourth-order valence-corrected chi connectivity index (χ4v) is 3.04. The Kier molecular flexibility index (Phi) is 5.85. The van der Waals surface area contributed by atoms with Crippen LogP contribution in [0.4, 0.5) is 0 Å². The zero-order valence-corrected chi connectivity index (χ0v) is 16.2. The first kappa shape index (κ1) is 17.7. The summed E-state index contributed by atoms with van der Waals surface area (Å²) in [5.41, 5.74) is 6.23. The highest BCUT2D eigenvalue weighted by Crippen LogP contribution is 2.27. The minimum Gasteiger partial charge on any atom is -0.306 e. The smallest absolute Gasteiger partial charge is 0.0175 e. The molecule has 0 heterocycles. The third kappa shape index (κ3) is 4.68. The van der Waals surface area contributed by atoms with E-state index in [1.807, 2.05) is 0 Å². The van der Waals surface area contributed by atoms with Gasteiger partial charge in [-0.1, -0.05) is 88.7 Å². The fourth-order valence-electron chi connectivity index (χ4n) is 2.78. The molecular weight excluding hydrogens is 370 g/mol. The molecule has 1 nitrogen and oxygen atoms in total. The van der Waals surface area contributed by atoms with Gasteiger partial charge in [-0.15, -0.1) is 0 Å². The second kappa shape index (κ2) is 8.28. The lowest BCUT2D eigenvalue weighted by Gasteiger charge is -2.12. The summed E-state index contributed by atoms with van der Waals surface area (Å²) in [6.07, 6.45) is 2.30. The zero-order chi connectivity index (χ0) is 17.6. The van der Waals surface area contributed by atoms with Crippen molar-refractivity contribution in [2.45, 2.75) is 0 Å². The van der Waals surface area contributed by atoms with E-state index in [9.17, 15) is 0 Å². The fraction of sp³-hybridized carbons (Fsp3) is 0.130. The molecule has 0 spiro atoms. The molecular formula is C23H22BrN.